The number of piperazine rings is 1. The molecule has 156 valence electrons. The van der Waals surface area contributed by atoms with Gasteiger partial charge in [0.25, 0.3) is 0 Å². The van der Waals surface area contributed by atoms with E-state index in [1.807, 2.05) is 4.57 Å². The molecule has 1 atom stereocenters. The molecule has 3 heterocycles. The van der Waals surface area contributed by atoms with Crippen molar-refractivity contribution in [2.45, 2.75) is 32.9 Å². The molecule has 10 nitrogen and oxygen atoms in total. The number of hydrogen-bond donors (Lipinski definition) is 3. The minimum Gasteiger partial charge on any atom is -0.467 e. The average molecular weight is 402 g/mol. The SMILES string of the molecule is CC#CCn1c(N2CCNCC2)nc2c1C(=O)[NH+](C)C(=NC(C)(C)C(=O)OC)N2. The highest BCUT2D eigenvalue weighted by molar-refractivity contribution is 6.07. The first-order valence-electron chi connectivity index (χ1n) is 9.60. The van der Waals surface area contributed by atoms with Crippen LogP contribution in [0.1, 0.15) is 31.3 Å². The molecule has 2 aliphatic heterocycles. The molecular weight excluding hydrogens is 374 g/mol. The Bertz CT molecular complexity index is 901. The highest BCUT2D eigenvalue weighted by atomic mass is 16.5. The van der Waals surface area contributed by atoms with Gasteiger partial charge in [-0.1, -0.05) is 5.92 Å². The summed E-state index contributed by atoms with van der Waals surface area (Å²) in [5, 5.41) is 6.47. The Morgan fingerprint density at radius 1 is 1.38 bits per heavy atom. The number of methoxy groups -OCH3 is 1. The number of quaternary nitrogens is 1. The first-order chi connectivity index (χ1) is 13.8. The highest BCUT2D eigenvalue weighted by Gasteiger charge is 2.41. The van der Waals surface area contributed by atoms with Crippen LogP contribution in [0.2, 0.25) is 0 Å². The maximum Gasteiger partial charge on any atom is 0.372 e. The summed E-state index contributed by atoms with van der Waals surface area (Å²) in [6.07, 6.45) is 0. The Morgan fingerprint density at radius 3 is 2.69 bits per heavy atom. The Hall–Kier alpha value is -2.90. The summed E-state index contributed by atoms with van der Waals surface area (Å²) in [5.74, 6) is 6.74. The molecule has 1 saturated heterocycles. The third-order valence-corrected chi connectivity index (χ3v) is 4.99. The summed E-state index contributed by atoms with van der Waals surface area (Å²) < 4.78 is 6.68. The van der Waals surface area contributed by atoms with Crippen LogP contribution in [-0.4, -0.2) is 73.3 Å². The van der Waals surface area contributed by atoms with Crippen molar-refractivity contribution < 1.29 is 19.2 Å². The van der Waals surface area contributed by atoms with Crippen LogP contribution >= 0.6 is 0 Å². The number of aliphatic imine (C=N–C) groups is 1. The lowest BCUT2D eigenvalue weighted by molar-refractivity contribution is -0.688. The van der Waals surface area contributed by atoms with Crippen LogP contribution in [0.25, 0.3) is 0 Å². The Morgan fingerprint density at radius 2 is 2.07 bits per heavy atom. The predicted octanol–water partition coefficient (Wildman–Crippen LogP) is -1.30. The molecule has 0 saturated carbocycles. The largest absolute Gasteiger partial charge is 0.467 e. The number of hydrogen-bond acceptors (Lipinski definition) is 7. The summed E-state index contributed by atoms with van der Waals surface area (Å²) in [4.78, 5) is 37.0. The van der Waals surface area contributed by atoms with Gasteiger partial charge in [0.2, 0.25) is 5.95 Å². The van der Waals surface area contributed by atoms with Gasteiger partial charge < -0.3 is 15.0 Å². The molecule has 0 bridgehead atoms. The van der Waals surface area contributed by atoms with Gasteiger partial charge in [0.15, 0.2) is 17.1 Å². The van der Waals surface area contributed by atoms with Crippen molar-refractivity contribution in [2.75, 3.05) is 50.6 Å². The van der Waals surface area contributed by atoms with Gasteiger partial charge in [-0.05, 0) is 20.8 Å². The highest BCUT2D eigenvalue weighted by Crippen LogP contribution is 2.25. The Kier molecular flexibility index (Phi) is 5.91. The van der Waals surface area contributed by atoms with E-state index in [4.69, 9.17) is 9.72 Å². The second-order valence-electron chi connectivity index (χ2n) is 7.45. The number of nitrogens with one attached hydrogen (secondary N) is 3. The first-order valence-corrected chi connectivity index (χ1v) is 9.60. The third-order valence-electron chi connectivity index (χ3n) is 4.99. The van der Waals surface area contributed by atoms with E-state index in [-0.39, 0.29) is 5.91 Å². The van der Waals surface area contributed by atoms with Crippen molar-refractivity contribution in [3.8, 4) is 11.8 Å². The quantitative estimate of drug-likeness (QED) is 0.425. The van der Waals surface area contributed by atoms with Crippen molar-refractivity contribution in [3.63, 3.8) is 0 Å². The molecule has 3 rings (SSSR count). The monoisotopic (exact) mass is 402 g/mol. The van der Waals surface area contributed by atoms with Crippen molar-refractivity contribution in [1.82, 2.24) is 14.9 Å². The molecule has 1 unspecified atom stereocenters. The van der Waals surface area contributed by atoms with Crippen LogP contribution in [0.15, 0.2) is 4.99 Å². The van der Waals surface area contributed by atoms with E-state index in [0.29, 0.717) is 34.9 Å². The summed E-state index contributed by atoms with van der Waals surface area (Å²) in [5.41, 5.74) is -0.665. The van der Waals surface area contributed by atoms with Crippen molar-refractivity contribution >= 4 is 29.6 Å². The second-order valence-corrected chi connectivity index (χ2v) is 7.45. The zero-order valence-electron chi connectivity index (χ0n) is 17.5. The maximum atomic E-state index is 13.2. The van der Waals surface area contributed by atoms with E-state index in [0.717, 1.165) is 26.2 Å². The predicted molar refractivity (Wildman–Crippen MR) is 109 cm³/mol. The topological polar surface area (TPSA) is 105 Å². The molecule has 3 N–H and O–H groups in total. The van der Waals surface area contributed by atoms with Gasteiger partial charge in [-0.2, -0.15) is 9.98 Å². The second kappa shape index (κ2) is 8.23. The minimum absolute atomic E-state index is 0.176. The number of nitrogens with zero attached hydrogens (tertiary/aromatic N) is 4. The fraction of sp³-hybridized carbons (Fsp3) is 0.579. The summed E-state index contributed by atoms with van der Waals surface area (Å²) >= 11 is 0. The smallest absolute Gasteiger partial charge is 0.372 e. The number of amides is 1. The maximum absolute atomic E-state index is 13.2. The number of fused-ring (bicyclic) bond motifs is 1. The molecule has 1 amide bonds. The number of guanidine groups is 1. The molecule has 10 heteroatoms. The molecule has 0 radical (unpaired) electrons. The van der Waals surface area contributed by atoms with Gasteiger partial charge in [0.05, 0.1) is 20.7 Å². The van der Waals surface area contributed by atoms with Crippen LogP contribution in [0.3, 0.4) is 0 Å². The number of ether oxygens (including phenoxy) is 1. The van der Waals surface area contributed by atoms with E-state index < -0.39 is 11.5 Å². The molecule has 0 aromatic carbocycles. The zero-order chi connectivity index (χ0) is 21.2. The van der Waals surface area contributed by atoms with E-state index in [1.165, 1.54) is 7.11 Å². The standard InChI is InChI=1S/C19H27N7O3/c1-6-7-10-26-13-14(22-18(26)25-11-8-20-9-12-25)21-17(24(4)15(13)27)23-19(2,3)16(28)29-5/h20H,8-12H2,1-5H3,(H,21,23)/p+1. The molecule has 29 heavy (non-hydrogen) atoms. The van der Waals surface area contributed by atoms with Gasteiger partial charge in [-0.3, -0.25) is 9.88 Å². The van der Waals surface area contributed by atoms with Crippen LogP contribution in [0, 0.1) is 11.8 Å². The molecule has 1 aromatic heterocycles. The number of carbonyl (C=O) groups is 2. The average Bonchev–Trinajstić information content (AvgIpc) is 3.08. The number of anilines is 2. The molecular formula is C19H28N7O3+. The molecule has 0 aliphatic carbocycles. The Balaban J connectivity index is 2.05. The van der Waals surface area contributed by atoms with Gasteiger partial charge in [0, 0.05) is 26.2 Å². The summed E-state index contributed by atoms with van der Waals surface area (Å²) in [6.45, 7) is 8.72. The van der Waals surface area contributed by atoms with Crippen LogP contribution in [0.4, 0.5) is 11.8 Å². The van der Waals surface area contributed by atoms with Crippen molar-refractivity contribution in [3.05, 3.63) is 5.69 Å². The number of aromatic nitrogens is 2. The zero-order valence-corrected chi connectivity index (χ0v) is 17.5. The lowest BCUT2D eigenvalue weighted by Crippen LogP contribution is -3.16. The molecule has 1 aromatic rings. The number of esters is 1. The normalized spacial score (nSPS) is 20.6. The fourth-order valence-corrected chi connectivity index (χ4v) is 3.35. The van der Waals surface area contributed by atoms with Gasteiger partial charge in [0.1, 0.15) is 0 Å². The van der Waals surface area contributed by atoms with Crippen LogP contribution < -0.4 is 20.4 Å². The third kappa shape index (κ3) is 3.97. The minimum atomic E-state index is -1.13. The number of rotatable bonds is 4. The lowest BCUT2D eigenvalue weighted by atomic mass is 10.1. The fourth-order valence-electron chi connectivity index (χ4n) is 3.35. The van der Waals surface area contributed by atoms with E-state index >= 15 is 0 Å². The Labute approximate surface area is 170 Å². The summed E-state index contributed by atoms with van der Waals surface area (Å²) in [6, 6.07) is 0. The first kappa shape index (κ1) is 20.8. The molecule has 2 aliphatic rings. The van der Waals surface area contributed by atoms with E-state index in [9.17, 15) is 9.59 Å². The van der Waals surface area contributed by atoms with Gasteiger partial charge >= 0.3 is 17.8 Å². The number of carbonyl (C=O) groups excluding carboxylic acids is 2. The van der Waals surface area contributed by atoms with Gasteiger partial charge in [-0.15, -0.1) is 5.92 Å². The molecule has 1 fully saturated rings. The van der Waals surface area contributed by atoms with E-state index in [2.05, 4.69) is 32.4 Å². The summed E-state index contributed by atoms with van der Waals surface area (Å²) in [7, 11) is 3.01. The van der Waals surface area contributed by atoms with E-state index in [1.54, 1.807) is 27.8 Å². The number of imidazole rings is 1. The van der Waals surface area contributed by atoms with Crippen molar-refractivity contribution in [2.24, 2.45) is 4.99 Å². The lowest BCUT2D eigenvalue weighted by Gasteiger charge is -2.28. The molecule has 0 spiro atoms. The van der Waals surface area contributed by atoms with Crippen LogP contribution in [-0.2, 0) is 16.1 Å². The van der Waals surface area contributed by atoms with Gasteiger partial charge in [-0.25, -0.2) is 14.5 Å². The van der Waals surface area contributed by atoms with Crippen LogP contribution in [0.5, 0.6) is 0 Å². The van der Waals surface area contributed by atoms with Crippen molar-refractivity contribution in [1.29, 1.82) is 0 Å².